The number of carbonyl (C=O) groups is 1. The van der Waals surface area contributed by atoms with Crippen LogP contribution in [0, 0.1) is 12.3 Å². The van der Waals surface area contributed by atoms with Crippen molar-refractivity contribution in [2.24, 2.45) is 11.1 Å². The van der Waals surface area contributed by atoms with Gasteiger partial charge in [0, 0.05) is 18.5 Å². The summed E-state index contributed by atoms with van der Waals surface area (Å²) in [4.78, 5) is 14.3. The Balaban J connectivity index is 1.86. The zero-order valence-electron chi connectivity index (χ0n) is 12.0. The smallest absolute Gasteiger partial charge is 0.289 e. The summed E-state index contributed by atoms with van der Waals surface area (Å²) in [6, 6.07) is 7.77. The van der Waals surface area contributed by atoms with Gasteiger partial charge in [0.1, 0.15) is 5.58 Å². The molecule has 2 heterocycles. The van der Waals surface area contributed by atoms with Crippen LogP contribution in [0.15, 0.2) is 28.7 Å². The lowest BCUT2D eigenvalue weighted by Gasteiger charge is -2.21. The molecule has 0 radical (unpaired) electrons. The Morgan fingerprint density at radius 1 is 1.45 bits per heavy atom. The molecule has 4 nitrogen and oxygen atoms in total. The number of likely N-dealkylation sites (tertiary alicyclic amines) is 1. The predicted molar refractivity (Wildman–Crippen MR) is 78.6 cm³/mol. The Kier molecular flexibility index (Phi) is 3.05. The van der Waals surface area contributed by atoms with Gasteiger partial charge >= 0.3 is 0 Å². The van der Waals surface area contributed by atoms with E-state index in [2.05, 4.69) is 6.92 Å². The molecule has 1 amide bonds. The zero-order chi connectivity index (χ0) is 14.3. The Morgan fingerprint density at radius 2 is 2.25 bits per heavy atom. The molecule has 0 spiro atoms. The molecular weight excluding hydrogens is 252 g/mol. The highest BCUT2D eigenvalue weighted by atomic mass is 16.3. The number of nitrogens with zero attached hydrogens (tertiary/aromatic N) is 1. The van der Waals surface area contributed by atoms with Gasteiger partial charge in [-0.25, -0.2) is 0 Å². The van der Waals surface area contributed by atoms with E-state index in [0.717, 1.165) is 29.5 Å². The lowest BCUT2D eigenvalue weighted by atomic mass is 9.90. The van der Waals surface area contributed by atoms with E-state index < -0.39 is 0 Å². The van der Waals surface area contributed by atoms with Gasteiger partial charge < -0.3 is 15.1 Å². The van der Waals surface area contributed by atoms with Crippen LogP contribution in [-0.2, 0) is 0 Å². The van der Waals surface area contributed by atoms with Crippen molar-refractivity contribution in [2.45, 2.75) is 20.3 Å². The molecule has 1 atom stereocenters. The third-order valence-corrected chi connectivity index (χ3v) is 4.22. The van der Waals surface area contributed by atoms with E-state index in [4.69, 9.17) is 10.2 Å². The summed E-state index contributed by atoms with van der Waals surface area (Å²) < 4.78 is 5.68. The lowest BCUT2D eigenvalue weighted by molar-refractivity contribution is 0.0747. The lowest BCUT2D eigenvalue weighted by Crippen LogP contribution is -2.34. The largest absolute Gasteiger partial charge is 0.451 e. The fourth-order valence-corrected chi connectivity index (χ4v) is 2.79. The van der Waals surface area contributed by atoms with Gasteiger partial charge in [-0.1, -0.05) is 18.6 Å². The molecule has 1 fully saturated rings. The maximum Gasteiger partial charge on any atom is 0.289 e. The van der Waals surface area contributed by atoms with Gasteiger partial charge in [0.05, 0.1) is 0 Å². The van der Waals surface area contributed by atoms with Crippen molar-refractivity contribution in [1.82, 2.24) is 4.90 Å². The second-order valence-electron chi connectivity index (χ2n) is 6.14. The van der Waals surface area contributed by atoms with Crippen molar-refractivity contribution >= 4 is 16.9 Å². The molecule has 1 aromatic carbocycles. The number of benzene rings is 1. The quantitative estimate of drug-likeness (QED) is 0.914. The van der Waals surface area contributed by atoms with Gasteiger partial charge in [0.15, 0.2) is 5.76 Å². The molecule has 1 aliphatic heterocycles. The monoisotopic (exact) mass is 272 g/mol. The summed E-state index contributed by atoms with van der Waals surface area (Å²) in [7, 11) is 0. The first-order valence-corrected chi connectivity index (χ1v) is 7.00. The van der Waals surface area contributed by atoms with Gasteiger partial charge in [-0.2, -0.15) is 0 Å². The number of furan rings is 1. The molecule has 0 saturated carbocycles. The van der Waals surface area contributed by atoms with Crippen molar-refractivity contribution in [3.05, 3.63) is 35.6 Å². The van der Waals surface area contributed by atoms with E-state index >= 15 is 0 Å². The maximum absolute atomic E-state index is 12.5. The van der Waals surface area contributed by atoms with E-state index in [1.807, 2.05) is 36.1 Å². The average Bonchev–Trinajstić information content (AvgIpc) is 3.02. The fourth-order valence-electron chi connectivity index (χ4n) is 2.79. The average molecular weight is 272 g/mol. The molecular formula is C16H20N2O2. The third-order valence-electron chi connectivity index (χ3n) is 4.22. The highest BCUT2D eigenvalue weighted by Crippen LogP contribution is 2.30. The molecule has 1 unspecified atom stereocenters. The molecule has 2 N–H and O–H groups in total. The Morgan fingerprint density at radius 3 is 2.95 bits per heavy atom. The summed E-state index contributed by atoms with van der Waals surface area (Å²) in [5, 5.41) is 0.981. The zero-order valence-corrected chi connectivity index (χ0v) is 12.0. The molecule has 2 aromatic rings. The van der Waals surface area contributed by atoms with Crippen LogP contribution in [-0.4, -0.2) is 30.4 Å². The van der Waals surface area contributed by atoms with E-state index in [0.29, 0.717) is 18.8 Å². The van der Waals surface area contributed by atoms with Gasteiger partial charge in [-0.15, -0.1) is 0 Å². The molecule has 4 heteroatoms. The van der Waals surface area contributed by atoms with E-state index in [9.17, 15) is 4.79 Å². The minimum atomic E-state index is -0.0315. The minimum absolute atomic E-state index is 0.0315. The highest BCUT2D eigenvalue weighted by Gasteiger charge is 2.36. The van der Waals surface area contributed by atoms with Gasteiger partial charge in [-0.3, -0.25) is 4.79 Å². The number of nitrogens with two attached hydrogens (primary N) is 1. The van der Waals surface area contributed by atoms with Crippen LogP contribution in [0.3, 0.4) is 0 Å². The summed E-state index contributed by atoms with van der Waals surface area (Å²) in [6.45, 7) is 6.22. The number of aryl methyl sites for hydroxylation is 1. The Hall–Kier alpha value is -1.81. The second kappa shape index (κ2) is 4.63. The van der Waals surface area contributed by atoms with Crippen LogP contribution in [0.2, 0.25) is 0 Å². The third kappa shape index (κ3) is 2.20. The van der Waals surface area contributed by atoms with Crippen molar-refractivity contribution in [2.75, 3.05) is 19.6 Å². The van der Waals surface area contributed by atoms with E-state index in [1.54, 1.807) is 0 Å². The first-order valence-electron chi connectivity index (χ1n) is 7.00. The first-order chi connectivity index (χ1) is 9.50. The van der Waals surface area contributed by atoms with Crippen LogP contribution in [0.25, 0.3) is 11.0 Å². The topological polar surface area (TPSA) is 59.5 Å². The summed E-state index contributed by atoms with van der Waals surface area (Å²) in [5.41, 5.74) is 7.75. The standard InChI is InChI=1S/C16H20N2O2/c1-11-3-4-13-12(7-11)8-14(20-13)15(19)18-6-5-16(2,9-17)10-18/h3-4,7-8H,5-6,9-10,17H2,1-2H3. The van der Waals surface area contributed by atoms with Crippen molar-refractivity contribution < 1.29 is 9.21 Å². The normalized spacial score (nSPS) is 22.6. The summed E-state index contributed by atoms with van der Waals surface area (Å²) in [6.07, 6.45) is 0.953. The second-order valence-corrected chi connectivity index (χ2v) is 6.14. The maximum atomic E-state index is 12.5. The fraction of sp³-hybridized carbons (Fsp3) is 0.438. The highest BCUT2D eigenvalue weighted by molar-refractivity contribution is 5.96. The predicted octanol–water partition coefficient (Wildman–Crippen LogP) is 2.55. The Labute approximate surface area is 118 Å². The molecule has 1 aromatic heterocycles. The van der Waals surface area contributed by atoms with Crippen LogP contribution in [0.4, 0.5) is 0 Å². The molecule has 106 valence electrons. The Bertz CT molecular complexity index is 662. The van der Waals surface area contributed by atoms with Crippen LogP contribution in [0.5, 0.6) is 0 Å². The van der Waals surface area contributed by atoms with E-state index in [-0.39, 0.29) is 11.3 Å². The van der Waals surface area contributed by atoms with Crippen molar-refractivity contribution in [3.63, 3.8) is 0 Å². The van der Waals surface area contributed by atoms with Gasteiger partial charge in [0.25, 0.3) is 5.91 Å². The van der Waals surface area contributed by atoms with Crippen LogP contribution in [0.1, 0.15) is 29.5 Å². The molecule has 20 heavy (non-hydrogen) atoms. The number of hydrogen-bond donors (Lipinski definition) is 1. The molecule has 0 bridgehead atoms. The SMILES string of the molecule is Cc1ccc2oc(C(=O)N3CCC(C)(CN)C3)cc2c1. The summed E-state index contributed by atoms with van der Waals surface area (Å²) in [5.74, 6) is 0.392. The van der Waals surface area contributed by atoms with Gasteiger partial charge in [-0.05, 0) is 43.5 Å². The minimum Gasteiger partial charge on any atom is -0.451 e. The summed E-state index contributed by atoms with van der Waals surface area (Å²) >= 11 is 0. The van der Waals surface area contributed by atoms with Gasteiger partial charge in [0.2, 0.25) is 0 Å². The number of amides is 1. The van der Waals surface area contributed by atoms with E-state index in [1.165, 1.54) is 0 Å². The molecule has 1 aliphatic rings. The van der Waals surface area contributed by atoms with Crippen LogP contribution >= 0.6 is 0 Å². The van der Waals surface area contributed by atoms with Crippen LogP contribution < -0.4 is 5.73 Å². The number of fused-ring (bicyclic) bond motifs is 1. The van der Waals surface area contributed by atoms with Crippen molar-refractivity contribution in [3.8, 4) is 0 Å². The first kappa shape index (κ1) is 13.2. The number of hydrogen-bond acceptors (Lipinski definition) is 3. The van der Waals surface area contributed by atoms with Crippen molar-refractivity contribution in [1.29, 1.82) is 0 Å². The number of rotatable bonds is 2. The molecule has 3 rings (SSSR count). The molecule has 1 saturated heterocycles. The number of carbonyl (C=O) groups excluding carboxylic acids is 1. The molecule has 0 aliphatic carbocycles.